The molecule has 2 aromatic rings. The second kappa shape index (κ2) is 5.17. The molecule has 0 radical (unpaired) electrons. The molecule has 3 N–H and O–H groups in total. The van der Waals surface area contributed by atoms with Crippen LogP contribution in [0.2, 0.25) is 0 Å². The van der Waals surface area contributed by atoms with Crippen molar-refractivity contribution in [3.8, 4) is 0 Å². The largest absolute Gasteiger partial charge is 0.465 e. The Balaban J connectivity index is 2.18. The summed E-state index contributed by atoms with van der Waals surface area (Å²) in [6.45, 7) is 0.386. The molecule has 0 aromatic carbocycles. The number of nitrogen functional groups attached to an aromatic ring is 1. The highest BCUT2D eigenvalue weighted by atomic mass is 16.5. The van der Waals surface area contributed by atoms with Gasteiger partial charge in [-0.05, 0) is 6.07 Å². The lowest BCUT2D eigenvalue weighted by molar-refractivity contribution is 0.0601. The molecular weight excluding hydrogens is 236 g/mol. The molecule has 18 heavy (non-hydrogen) atoms. The molecule has 0 amide bonds. The minimum absolute atomic E-state index is 0.279. The number of ether oxygens (including phenoxy) is 1. The summed E-state index contributed by atoms with van der Waals surface area (Å²) in [6, 6.07) is 3.21. The molecule has 0 saturated carbocycles. The highest BCUT2D eigenvalue weighted by Crippen LogP contribution is 2.17. The third-order valence-electron chi connectivity index (χ3n) is 2.24. The second-order valence-corrected chi connectivity index (χ2v) is 3.50. The fraction of sp³-hybridized carbons (Fsp3) is 0.182. The molecule has 0 aliphatic rings. The molecule has 0 fully saturated rings. The Labute approximate surface area is 103 Å². The van der Waals surface area contributed by atoms with E-state index in [9.17, 15) is 4.79 Å². The third-order valence-corrected chi connectivity index (χ3v) is 2.24. The van der Waals surface area contributed by atoms with Gasteiger partial charge >= 0.3 is 5.97 Å². The molecule has 2 heterocycles. The highest BCUT2D eigenvalue weighted by Gasteiger charge is 2.13. The summed E-state index contributed by atoms with van der Waals surface area (Å²) in [6.07, 6.45) is 2.92. The van der Waals surface area contributed by atoms with Crippen molar-refractivity contribution in [2.75, 3.05) is 18.2 Å². The van der Waals surface area contributed by atoms with Crippen LogP contribution in [0.1, 0.15) is 16.1 Å². The zero-order valence-corrected chi connectivity index (χ0v) is 9.71. The number of nitrogens with two attached hydrogens (primary N) is 1. The van der Waals surface area contributed by atoms with E-state index < -0.39 is 5.97 Å². The predicted molar refractivity (Wildman–Crippen MR) is 63.8 cm³/mol. The first-order chi connectivity index (χ1) is 8.70. The Morgan fingerprint density at radius 2 is 2.44 bits per heavy atom. The Morgan fingerprint density at radius 1 is 1.61 bits per heavy atom. The zero-order chi connectivity index (χ0) is 13.0. The van der Waals surface area contributed by atoms with Crippen LogP contribution in [-0.4, -0.2) is 23.2 Å². The van der Waals surface area contributed by atoms with Crippen LogP contribution in [0, 0.1) is 0 Å². The van der Waals surface area contributed by atoms with Crippen molar-refractivity contribution >= 4 is 17.5 Å². The van der Waals surface area contributed by atoms with Gasteiger partial charge in [-0.3, -0.25) is 0 Å². The number of carbonyl (C=O) groups excluding carboxylic acids is 1. The van der Waals surface area contributed by atoms with Gasteiger partial charge in [0.1, 0.15) is 23.3 Å². The topological polar surface area (TPSA) is 103 Å². The number of rotatable bonds is 4. The number of hydrogen-bond acceptors (Lipinski definition) is 7. The molecule has 2 rings (SSSR count). The lowest BCUT2D eigenvalue weighted by Crippen LogP contribution is -2.10. The fourth-order valence-corrected chi connectivity index (χ4v) is 1.39. The van der Waals surface area contributed by atoms with Crippen LogP contribution in [-0.2, 0) is 11.3 Å². The number of hydrogen-bond donors (Lipinski definition) is 2. The van der Waals surface area contributed by atoms with Crippen molar-refractivity contribution in [2.24, 2.45) is 0 Å². The minimum Gasteiger partial charge on any atom is -0.465 e. The number of methoxy groups -OCH3 is 1. The van der Waals surface area contributed by atoms with Gasteiger partial charge in [0.2, 0.25) is 0 Å². The van der Waals surface area contributed by atoms with Crippen LogP contribution in [0.5, 0.6) is 0 Å². The summed E-state index contributed by atoms with van der Waals surface area (Å²) in [5.74, 6) is -0.114. The number of esters is 1. The summed E-state index contributed by atoms with van der Waals surface area (Å²) in [5, 5.41) is 6.71. The summed E-state index contributed by atoms with van der Waals surface area (Å²) < 4.78 is 9.36. The molecule has 2 aromatic heterocycles. The Bertz CT molecular complexity index is 539. The first-order valence-electron chi connectivity index (χ1n) is 5.17. The normalized spacial score (nSPS) is 10.1. The summed E-state index contributed by atoms with van der Waals surface area (Å²) in [7, 11) is 1.30. The van der Waals surface area contributed by atoms with Crippen LogP contribution in [0.15, 0.2) is 29.1 Å². The van der Waals surface area contributed by atoms with E-state index in [1.165, 1.54) is 25.6 Å². The van der Waals surface area contributed by atoms with E-state index in [-0.39, 0.29) is 5.56 Å². The van der Waals surface area contributed by atoms with Crippen LogP contribution in [0.25, 0.3) is 0 Å². The first-order valence-corrected chi connectivity index (χ1v) is 5.17. The second-order valence-electron chi connectivity index (χ2n) is 3.50. The number of carbonyl (C=O) groups is 1. The molecule has 0 bridgehead atoms. The molecular formula is C11H12N4O3. The van der Waals surface area contributed by atoms with Crippen LogP contribution in [0.4, 0.5) is 11.5 Å². The van der Waals surface area contributed by atoms with Gasteiger partial charge in [-0.2, -0.15) is 0 Å². The van der Waals surface area contributed by atoms with Gasteiger partial charge < -0.3 is 20.3 Å². The Hall–Kier alpha value is -2.57. The lowest BCUT2D eigenvalue weighted by Gasteiger charge is -2.08. The molecule has 7 heteroatoms. The van der Waals surface area contributed by atoms with Gasteiger partial charge in [0, 0.05) is 6.07 Å². The molecule has 0 unspecified atom stereocenters. The van der Waals surface area contributed by atoms with E-state index >= 15 is 0 Å². The van der Waals surface area contributed by atoms with E-state index in [4.69, 9.17) is 10.3 Å². The average molecular weight is 248 g/mol. The van der Waals surface area contributed by atoms with Gasteiger partial charge in [0.25, 0.3) is 0 Å². The first kappa shape index (κ1) is 11.9. The summed E-state index contributed by atoms with van der Waals surface area (Å²) in [5.41, 5.74) is 6.95. The number of nitrogens with zero attached hydrogens (tertiary/aromatic N) is 2. The smallest absolute Gasteiger partial charge is 0.341 e. The van der Waals surface area contributed by atoms with E-state index in [0.29, 0.717) is 23.7 Å². The van der Waals surface area contributed by atoms with Crippen LogP contribution in [0.3, 0.4) is 0 Å². The number of aromatic nitrogens is 2. The maximum atomic E-state index is 11.6. The maximum Gasteiger partial charge on any atom is 0.341 e. The van der Waals surface area contributed by atoms with E-state index in [2.05, 4.69) is 20.2 Å². The fourth-order valence-electron chi connectivity index (χ4n) is 1.39. The minimum atomic E-state index is -0.502. The molecule has 0 saturated heterocycles. The van der Waals surface area contributed by atoms with Gasteiger partial charge in [-0.25, -0.2) is 9.78 Å². The van der Waals surface area contributed by atoms with Crippen molar-refractivity contribution in [2.45, 2.75) is 6.54 Å². The molecule has 7 nitrogen and oxygen atoms in total. The Kier molecular flexibility index (Phi) is 3.42. The Morgan fingerprint density at radius 3 is 3.11 bits per heavy atom. The predicted octanol–water partition coefficient (Wildman–Crippen LogP) is 1.05. The zero-order valence-electron chi connectivity index (χ0n) is 9.71. The quantitative estimate of drug-likeness (QED) is 0.779. The van der Waals surface area contributed by atoms with Crippen molar-refractivity contribution < 1.29 is 14.1 Å². The van der Waals surface area contributed by atoms with Crippen molar-refractivity contribution in [3.05, 3.63) is 35.9 Å². The van der Waals surface area contributed by atoms with E-state index in [0.717, 1.165) is 0 Å². The maximum absolute atomic E-state index is 11.6. The van der Waals surface area contributed by atoms with Crippen LogP contribution < -0.4 is 11.1 Å². The number of anilines is 2. The van der Waals surface area contributed by atoms with Crippen molar-refractivity contribution in [3.63, 3.8) is 0 Å². The third kappa shape index (κ3) is 2.57. The van der Waals surface area contributed by atoms with E-state index in [1.807, 2.05) is 0 Å². The molecule has 0 atom stereocenters. The molecule has 0 spiro atoms. The van der Waals surface area contributed by atoms with E-state index in [1.54, 1.807) is 6.07 Å². The average Bonchev–Trinajstić information content (AvgIpc) is 2.89. The molecule has 0 aliphatic carbocycles. The number of pyridine rings is 1. The standard InChI is InChI=1S/C11H12N4O3/c1-17-11(16)9-4-7(12)5-13-10(9)14-6-8-2-3-18-15-8/h2-5H,6,12H2,1H3,(H,13,14). The summed E-state index contributed by atoms with van der Waals surface area (Å²) in [4.78, 5) is 15.6. The van der Waals surface area contributed by atoms with Gasteiger partial charge in [0.05, 0.1) is 25.5 Å². The SMILES string of the molecule is COC(=O)c1cc(N)cnc1NCc1ccon1. The highest BCUT2D eigenvalue weighted by molar-refractivity contribution is 5.95. The van der Waals surface area contributed by atoms with Crippen molar-refractivity contribution in [1.82, 2.24) is 10.1 Å². The van der Waals surface area contributed by atoms with Crippen molar-refractivity contribution in [1.29, 1.82) is 0 Å². The number of nitrogens with one attached hydrogen (secondary N) is 1. The van der Waals surface area contributed by atoms with Gasteiger partial charge in [-0.1, -0.05) is 5.16 Å². The molecule has 0 aliphatic heterocycles. The monoisotopic (exact) mass is 248 g/mol. The lowest BCUT2D eigenvalue weighted by atomic mass is 10.2. The van der Waals surface area contributed by atoms with Gasteiger partial charge in [-0.15, -0.1) is 0 Å². The van der Waals surface area contributed by atoms with Gasteiger partial charge in [0.15, 0.2) is 0 Å². The van der Waals surface area contributed by atoms with Crippen LogP contribution >= 0.6 is 0 Å². The molecule has 94 valence electrons. The summed E-state index contributed by atoms with van der Waals surface area (Å²) >= 11 is 0.